The molecule has 6 heteroatoms. The number of alkyl halides is 3. The van der Waals surface area contributed by atoms with Gasteiger partial charge in [0.25, 0.3) is 5.78 Å². The highest BCUT2D eigenvalue weighted by Crippen LogP contribution is 2.28. The first-order valence-electron chi connectivity index (χ1n) is 5.13. The van der Waals surface area contributed by atoms with Crippen LogP contribution in [0, 0.1) is 11.3 Å². The Hall–Kier alpha value is -2.03. The van der Waals surface area contributed by atoms with Gasteiger partial charge in [0.1, 0.15) is 11.7 Å². The SMILES string of the molecule is CCOc1ccc(C(C#N)C(=O)C(F)(F)F)cc1. The number of carbonyl (C=O) groups is 1. The maximum absolute atomic E-state index is 12.2. The van der Waals surface area contributed by atoms with E-state index in [0.29, 0.717) is 12.4 Å². The molecule has 3 nitrogen and oxygen atoms in total. The van der Waals surface area contributed by atoms with Gasteiger partial charge in [-0.1, -0.05) is 12.1 Å². The molecule has 0 heterocycles. The molecular formula is C12H10F3NO2. The number of benzene rings is 1. The summed E-state index contributed by atoms with van der Waals surface area (Å²) in [5.41, 5.74) is 0.00304. The molecule has 0 saturated carbocycles. The summed E-state index contributed by atoms with van der Waals surface area (Å²) >= 11 is 0. The summed E-state index contributed by atoms with van der Waals surface area (Å²) in [6.45, 7) is 2.18. The van der Waals surface area contributed by atoms with Gasteiger partial charge in [-0.05, 0) is 24.6 Å². The molecule has 0 aromatic heterocycles. The molecule has 0 fully saturated rings. The van der Waals surface area contributed by atoms with Crippen LogP contribution in [0.1, 0.15) is 18.4 Å². The summed E-state index contributed by atoms with van der Waals surface area (Å²) in [7, 11) is 0. The van der Waals surface area contributed by atoms with Crippen LogP contribution in [0.3, 0.4) is 0 Å². The van der Waals surface area contributed by atoms with Crippen molar-refractivity contribution < 1.29 is 22.7 Å². The highest BCUT2D eigenvalue weighted by atomic mass is 19.4. The number of carbonyl (C=O) groups excluding carboxylic acids is 1. The Bertz CT molecular complexity index is 460. The van der Waals surface area contributed by atoms with E-state index < -0.39 is 17.9 Å². The number of ketones is 1. The highest BCUT2D eigenvalue weighted by molar-refractivity contribution is 5.92. The van der Waals surface area contributed by atoms with Crippen LogP contribution >= 0.6 is 0 Å². The third-order valence-corrected chi connectivity index (χ3v) is 2.20. The van der Waals surface area contributed by atoms with Gasteiger partial charge in [0.15, 0.2) is 0 Å². The molecule has 0 amide bonds. The number of hydrogen-bond acceptors (Lipinski definition) is 3. The van der Waals surface area contributed by atoms with E-state index in [1.807, 2.05) is 0 Å². The number of nitrogens with zero attached hydrogens (tertiary/aromatic N) is 1. The molecule has 0 N–H and O–H groups in total. The van der Waals surface area contributed by atoms with E-state index >= 15 is 0 Å². The van der Waals surface area contributed by atoms with Gasteiger partial charge < -0.3 is 4.74 Å². The lowest BCUT2D eigenvalue weighted by atomic mass is 9.96. The monoisotopic (exact) mass is 257 g/mol. The summed E-state index contributed by atoms with van der Waals surface area (Å²) < 4.78 is 41.9. The molecule has 0 aliphatic carbocycles. The van der Waals surface area contributed by atoms with Crippen molar-refractivity contribution in [2.75, 3.05) is 6.61 Å². The van der Waals surface area contributed by atoms with Gasteiger partial charge in [0, 0.05) is 0 Å². The molecule has 1 unspecified atom stereocenters. The molecular weight excluding hydrogens is 247 g/mol. The van der Waals surface area contributed by atoms with Crippen LogP contribution in [-0.2, 0) is 4.79 Å². The third-order valence-electron chi connectivity index (χ3n) is 2.20. The van der Waals surface area contributed by atoms with E-state index in [0.717, 1.165) is 0 Å². The number of ether oxygens (including phenoxy) is 1. The molecule has 0 aliphatic heterocycles. The maximum Gasteiger partial charge on any atom is 0.451 e. The summed E-state index contributed by atoms with van der Waals surface area (Å²) in [5.74, 6) is -3.42. The Labute approximate surface area is 102 Å². The Balaban J connectivity index is 2.97. The average Bonchev–Trinajstić information content (AvgIpc) is 2.31. The molecule has 0 radical (unpaired) electrons. The van der Waals surface area contributed by atoms with Crippen molar-refractivity contribution in [2.45, 2.75) is 19.0 Å². The van der Waals surface area contributed by atoms with Crippen molar-refractivity contribution >= 4 is 5.78 Å². The molecule has 0 spiro atoms. The Morgan fingerprint density at radius 3 is 2.33 bits per heavy atom. The number of rotatable bonds is 4. The van der Waals surface area contributed by atoms with Crippen LogP contribution in [0.15, 0.2) is 24.3 Å². The fraction of sp³-hybridized carbons (Fsp3) is 0.333. The van der Waals surface area contributed by atoms with Crippen LogP contribution in [0.5, 0.6) is 5.75 Å². The van der Waals surface area contributed by atoms with Gasteiger partial charge in [-0.2, -0.15) is 18.4 Å². The molecule has 0 bridgehead atoms. The lowest BCUT2D eigenvalue weighted by Crippen LogP contribution is -2.28. The highest BCUT2D eigenvalue weighted by Gasteiger charge is 2.44. The van der Waals surface area contributed by atoms with Crippen molar-refractivity contribution in [1.29, 1.82) is 5.26 Å². The van der Waals surface area contributed by atoms with Gasteiger partial charge in [-0.25, -0.2) is 0 Å². The van der Waals surface area contributed by atoms with E-state index in [-0.39, 0.29) is 5.56 Å². The van der Waals surface area contributed by atoms with E-state index in [2.05, 4.69) is 0 Å². The predicted molar refractivity (Wildman–Crippen MR) is 57.0 cm³/mol. The minimum Gasteiger partial charge on any atom is -0.494 e. The van der Waals surface area contributed by atoms with Crippen molar-refractivity contribution in [3.05, 3.63) is 29.8 Å². The van der Waals surface area contributed by atoms with Crippen LogP contribution in [0.25, 0.3) is 0 Å². The predicted octanol–water partition coefficient (Wildman–Crippen LogP) is 2.82. The van der Waals surface area contributed by atoms with Gasteiger partial charge in [-0.15, -0.1) is 0 Å². The first-order valence-corrected chi connectivity index (χ1v) is 5.13. The minimum absolute atomic E-state index is 0.00304. The molecule has 0 saturated heterocycles. The van der Waals surface area contributed by atoms with E-state index in [9.17, 15) is 18.0 Å². The maximum atomic E-state index is 12.2. The lowest BCUT2D eigenvalue weighted by Gasteiger charge is -2.11. The number of nitriles is 1. The largest absolute Gasteiger partial charge is 0.494 e. The van der Waals surface area contributed by atoms with Crippen molar-refractivity contribution in [1.82, 2.24) is 0 Å². The van der Waals surface area contributed by atoms with Gasteiger partial charge >= 0.3 is 6.18 Å². The average molecular weight is 257 g/mol. The van der Waals surface area contributed by atoms with Crippen molar-refractivity contribution in [3.8, 4) is 11.8 Å². The fourth-order valence-corrected chi connectivity index (χ4v) is 1.37. The van der Waals surface area contributed by atoms with Gasteiger partial charge in [0.05, 0.1) is 12.7 Å². The van der Waals surface area contributed by atoms with Crippen LogP contribution in [0.4, 0.5) is 13.2 Å². The van der Waals surface area contributed by atoms with Gasteiger partial charge in [-0.3, -0.25) is 4.79 Å². The standard InChI is InChI=1S/C12H10F3NO2/c1-2-18-9-5-3-8(4-6-9)10(7-16)11(17)12(13,14)15/h3-6,10H,2H2,1H3. The van der Waals surface area contributed by atoms with Crippen molar-refractivity contribution in [2.24, 2.45) is 0 Å². The zero-order valence-corrected chi connectivity index (χ0v) is 9.49. The number of hydrogen-bond donors (Lipinski definition) is 0. The van der Waals surface area contributed by atoms with Crippen molar-refractivity contribution in [3.63, 3.8) is 0 Å². The minimum atomic E-state index is -5.01. The van der Waals surface area contributed by atoms with Crippen LogP contribution in [0.2, 0.25) is 0 Å². The molecule has 1 atom stereocenters. The van der Waals surface area contributed by atoms with E-state index in [1.54, 1.807) is 6.92 Å². The summed E-state index contributed by atoms with van der Waals surface area (Å²) in [5, 5.41) is 8.68. The second kappa shape index (κ2) is 5.54. The molecule has 1 rings (SSSR count). The first-order chi connectivity index (χ1) is 8.40. The number of Topliss-reactive ketones (excluding diaryl/α,β-unsaturated/α-hetero) is 1. The second-order valence-electron chi connectivity index (χ2n) is 3.43. The van der Waals surface area contributed by atoms with Gasteiger partial charge in [0.2, 0.25) is 0 Å². The zero-order valence-electron chi connectivity index (χ0n) is 9.49. The second-order valence-corrected chi connectivity index (χ2v) is 3.43. The molecule has 18 heavy (non-hydrogen) atoms. The fourth-order valence-electron chi connectivity index (χ4n) is 1.37. The third kappa shape index (κ3) is 3.23. The molecule has 0 aliphatic rings. The summed E-state index contributed by atoms with van der Waals surface area (Å²) in [6, 6.07) is 6.77. The Kier molecular flexibility index (Phi) is 4.32. The van der Waals surface area contributed by atoms with E-state index in [4.69, 9.17) is 10.00 Å². The smallest absolute Gasteiger partial charge is 0.451 e. The molecule has 96 valence electrons. The number of halogens is 3. The lowest BCUT2D eigenvalue weighted by molar-refractivity contribution is -0.171. The zero-order chi connectivity index (χ0) is 13.8. The molecule has 1 aromatic rings. The quantitative estimate of drug-likeness (QED) is 0.833. The summed E-state index contributed by atoms with van der Waals surface area (Å²) in [4.78, 5) is 11.0. The summed E-state index contributed by atoms with van der Waals surface area (Å²) in [6.07, 6.45) is -5.01. The van der Waals surface area contributed by atoms with Crippen LogP contribution in [-0.4, -0.2) is 18.6 Å². The Morgan fingerprint density at radius 2 is 1.94 bits per heavy atom. The molecule has 1 aromatic carbocycles. The Morgan fingerprint density at radius 1 is 1.39 bits per heavy atom. The van der Waals surface area contributed by atoms with Crippen LogP contribution < -0.4 is 4.74 Å². The van der Waals surface area contributed by atoms with E-state index in [1.165, 1.54) is 30.3 Å². The first kappa shape index (κ1) is 14.0. The topological polar surface area (TPSA) is 50.1 Å². The normalized spacial score (nSPS) is 12.6.